The lowest BCUT2D eigenvalue weighted by molar-refractivity contribution is -0.274. The summed E-state index contributed by atoms with van der Waals surface area (Å²) in [6.07, 6.45) is 0.345. The third-order valence-corrected chi connectivity index (χ3v) is 7.93. The van der Waals surface area contributed by atoms with Crippen LogP contribution in [-0.4, -0.2) is 24.1 Å². The van der Waals surface area contributed by atoms with Crippen molar-refractivity contribution in [1.29, 1.82) is 0 Å². The molecule has 0 spiro atoms. The van der Waals surface area contributed by atoms with Crippen molar-refractivity contribution in [3.63, 3.8) is 0 Å². The number of rotatable bonds is 7. The molecule has 0 N–H and O–H groups in total. The summed E-state index contributed by atoms with van der Waals surface area (Å²) in [4.78, 5) is 18.1. The molecule has 0 aromatic heterocycles. The van der Waals surface area contributed by atoms with Crippen LogP contribution < -0.4 is 4.74 Å². The fourth-order valence-electron chi connectivity index (χ4n) is 5.78. The SMILES string of the molecule is CC(OC(=O)[C@H]1CC(c2c(F)cccc2F)=N[C@H]1c1ccc(-c2ccc(OC(F)(F)F)cc2)cc1)C1CCCCC1. The van der Waals surface area contributed by atoms with Crippen molar-refractivity contribution < 1.29 is 36.2 Å². The van der Waals surface area contributed by atoms with E-state index in [2.05, 4.69) is 9.73 Å². The van der Waals surface area contributed by atoms with Gasteiger partial charge in [0.15, 0.2) is 0 Å². The minimum Gasteiger partial charge on any atom is -0.462 e. The lowest BCUT2D eigenvalue weighted by Gasteiger charge is -2.29. The van der Waals surface area contributed by atoms with E-state index in [9.17, 15) is 26.7 Å². The van der Waals surface area contributed by atoms with Gasteiger partial charge in [0.05, 0.1) is 17.5 Å². The summed E-state index contributed by atoms with van der Waals surface area (Å²) < 4.78 is 76.6. The summed E-state index contributed by atoms with van der Waals surface area (Å²) >= 11 is 0. The Labute approximate surface area is 235 Å². The lowest BCUT2D eigenvalue weighted by Crippen LogP contribution is -2.30. The number of hydrogen-bond acceptors (Lipinski definition) is 4. The number of benzene rings is 3. The Morgan fingerprint density at radius 3 is 2.05 bits per heavy atom. The highest BCUT2D eigenvalue weighted by atomic mass is 19.4. The molecule has 2 aliphatic rings. The van der Waals surface area contributed by atoms with Crippen molar-refractivity contribution >= 4 is 11.7 Å². The monoisotopic (exact) mass is 571 g/mol. The molecule has 3 aromatic carbocycles. The molecule has 1 heterocycles. The van der Waals surface area contributed by atoms with Gasteiger partial charge in [0.25, 0.3) is 0 Å². The first-order valence-corrected chi connectivity index (χ1v) is 13.8. The number of aliphatic imine (C=N–C) groups is 1. The van der Waals surface area contributed by atoms with Gasteiger partial charge in [-0.25, -0.2) is 8.78 Å². The summed E-state index contributed by atoms with van der Waals surface area (Å²) in [6, 6.07) is 15.4. The van der Waals surface area contributed by atoms with Crippen LogP contribution in [0.4, 0.5) is 22.0 Å². The van der Waals surface area contributed by atoms with Crippen LogP contribution in [-0.2, 0) is 9.53 Å². The fourth-order valence-corrected chi connectivity index (χ4v) is 5.78. The summed E-state index contributed by atoms with van der Waals surface area (Å²) in [6.45, 7) is 1.90. The topological polar surface area (TPSA) is 47.9 Å². The number of carbonyl (C=O) groups excluding carboxylic acids is 1. The molecule has 3 aromatic rings. The second kappa shape index (κ2) is 12.0. The number of ether oxygens (including phenoxy) is 2. The highest BCUT2D eigenvalue weighted by Crippen LogP contribution is 2.40. The summed E-state index contributed by atoms with van der Waals surface area (Å²) in [7, 11) is 0. The quantitative estimate of drug-likeness (QED) is 0.211. The van der Waals surface area contributed by atoms with Gasteiger partial charge in [-0.2, -0.15) is 0 Å². The van der Waals surface area contributed by atoms with Gasteiger partial charge in [-0.3, -0.25) is 9.79 Å². The van der Waals surface area contributed by atoms with Gasteiger partial charge in [0.1, 0.15) is 23.5 Å². The number of nitrogens with zero attached hydrogens (tertiary/aromatic N) is 1. The van der Waals surface area contributed by atoms with E-state index in [0.717, 1.165) is 43.4 Å². The lowest BCUT2D eigenvalue weighted by atomic mass is 9.85. The van der Waals surface area contributed by atoms with E-state index in [-0.39, 0.29) is 35.5 Å². The second-order valence-corrected chi connectivity index (χ2v) is 10.7. The standard InChI is InChI=1S/C32H30F5NO3/c1-19(20-6-3-2-4-7-20)40-31(39)25-18-28(29-26(33)8-5-9-27(29)34)38-30(25)23-12-10-21(11-13-23)22-14-16-24(17-15-22)41-32(35,36)37/h5,8-17,19-20,25,30H,2-4,6-7,18H2,1H3/t19?,25-,30-/m0/s1. The average molecular weight is 572 g/mol. The Hall–Kier alpha value is -3.75. The first kappa shape index (κ1) is 28.8. The molecule has 9 heteroatoms. The summed E-state index contributed by atoms with van der Waals surface area (Å²) in [5, 5.41) is 0. The molecule has 0 amide bonds. The molecule has 1 unspecified atom stereocenters. The molecule has 1 fully saturated rings. The third-order valence-electron chi connectivity index (χ3n) is 7.93. The van der Waals surface area contributed by atoms with Crippen LogP contribution in [0.3, 0.4) is 0 Å². The second-order valence-electron chi connectivity index (χ2n) is 10.7. The Balaban J connectivity index is 1.40. The van der Waals surface area contributed by atoms with Crippen molar-refractivity contribution in [2.45, 2.75) is 64.0 Å². The molecule has 0 saturated heterocycles. The zero-order valence-corrected chi connectivity index (χ0v) is 22.5. The maximum atomic E-state index is 14.7. The Morgan fingerprint density at radius 2 is 1.46 bits per heavy atom. The molecule has 41 heavy (non-hydrogen) atoms. The fraction of sp³-hybridized carbons (Fsp3) is 0.375. The van der Waals surface area contributed by atoms with Crippen molar-refractivity contribution in [2.75, 3.05) is 0 Å². The van der Waals surface area contributed by atoms with Gasteiger partial charge in [0, 0.05) is 12.1 Å². The largest absolute Gasteiger partial charge is 0.573 e. The normalized spacial score (nSPS) is 20.4. The van der Waals surface area contributed by atoms with E-state index in [1.807, 2.05) is 6.92 Å². The number of carbonyl (C=O) groups is 1. The molecule has 1 aliphatic heterocycles. The first-order valence-electron chi connectivity index (χ1n) is 13.8. The van der Waals surface area contributed by atoms with Crippen molar-refractivity contribution in [2.24, 2.45) is 16.8 Å². The van der Waals surface area contributed by atoms with Gasteiger partial charge in [-0.15, -0.1) is 13.2 Å². The predicted molar refractivity (Wildman–Crippen MR) is 144 cm³/mol. The van der Waals surface area contributed by atoms with Crippen molar-refractivity contribution in [1.82, 2.24) is 0 Å². The van der Waals surface area contributed by atoms with Crippen LogP contribution in [0.2, 0.25) is 0 Å². The predicted octanol–water partition coefficient (Wildman–Crippen LogP) is 8.59. The maximum absolute atomic E-state index is 14.7. The van der Waals surface area contributed by atoms with Gasteiger partial charge in [0.2, 0.25) is 0 Å². The van der Waals surface area contributed by atoms with Gasteiger partial charge >= 0.3 is 12.3 Å². The van der Waals surface area contributed by atoms with E-state index < -0.39 is 35.9 Å². The van der Waals surface area contributed by atoms with Crippen LogP contribution in [0.25, 0.3) is 11.1 Å². The molecule has 216 valence electrons. The molecule has 3 atom stereocenters. The van der Waals surface area contributed by atoms with Crippen molar-refractivity contribution in [3.05, 3.63) is 89.5 Å². The van der Waals surface area contributed by atoms with E-state index in [4.69, 9.17) is 4.74 Å². The molecule has 4 nitrogen and oxygen atoms in total. The Bertz CT molecular complexity index is 1380. The maximum Gasteiger partial charge on any atom is 0.573 e. The zero-order chi connectivity index (χ0) is 29.1. The summed E-state index contributed by atoms with van der Waals surface area (Å²) in [5.74, 6) is -2.76. The molecular weight excluding hydrogens is 541 g/mol. The molecule has 1 saturated carbocycles. The zero-order valence-electron chi connectivity index (χ0n) is 22.5. The molecule has 0 bridgehead atoms. The molecule has 1 aliphatic carbocycles. The Morgan fingerprint density at radius 1 is 0.878 bits per heavy atom. The first-order chi connectivity index (χ1) is 19.6. The van der Waals surface area contributed by atoms with Gasteiger partial charge < -0.3 is 9.47 Å². The Kier molecular flexibility index (Phi) is 8.42. The molecule has 0 radical (unpaired) electrons. The van der Waals surface area contributed by atoms with Crippen LogP contribution >= 0.6 is 0 Å². The molecule has 5 rings (SSSR count). The number of hydrogen-bond donors (Lipinski definition) is 0. The van der Waals surface area contributed by atoms with Gasteiger partial charge in [-0.05, 0) is 66.6 Å². The van der Waals surface area contributed by atoms with Gasteiger partial charge in [-0.1, -0.05) is 61.7 Å². The van der Waals surface area contributed by atoms with Crippen molar-refractivity contribution in [3.8, 4) is 16.9 Å². The minimum absolute atomic E-state index is 0.0289. The van der Waals surface area contributed by atoms with Crippen LogP contribution in [0.1, 0.15) is 62.6 Å². The van der Waals surface area contributed by atoms with Crippen LogP contribution in [0.5, 0.6) is 5.75 Å². The smallest absolute Gasteiger partial charge is 0.462 e. The average Bonchev–Trinajstić information content (AvgIpc) is 3.38. The highest BCUT2D eigenvalue weighted by molar-refractivity contribution is 6.04. The van der Waals surface area contributed by atoms with E-state index in [0.29, 0.717) is 11.1 Å². The van der Waals surface area contributed by atoms with Crippen LogP contribution in [0, 0.1) is 23.5 Å². The van der Waals surface area contributed by atoms with E-state index in [1.165, 1.54) is 36.8 Å². The number of alkyl halides is 3. The number of esters is 1. The van der Waals surface area contributed by atoms with E-state index >= 15 is 0 Å². The van der Waals surface area contributed by atoms with Crippen LogP contribution in [0.15, 0.2) is 71.7 Å². The summed E-state index contributed by atoms with van der Waals surface area (Å²) in [5.41, 5.74) is 1.96. The van der Waals surface area contributed by atoms with E-state index in [1.54, 1.807) is 24.3 Å². The number of halogens is 5. The molecular formula is C32H30F5NO3. The minimum atomic E-state index is -4.78. The highest BCUT2D eigenvalue weighted by Gasteiger charge is 2.40. The third kappa shape index (κ3) is 6.77.